The van der Waals surface area contributed by atoms with Gasteiger partial charge in [-0.05, 0) is 103 Å². The number of Topliss-reactive ketones (excluding diaryl/α,β-unsaturated/α-hetero) is 1. The van der Waals surface area contributed by atoms with Gasteiger partial charge in [0.15, 0.2) is 9.84 Å². The van der Waals surface area contributed by atoms with Crippen LogP contribution in [0.2, 0.25) is 0 Å². The highest BCUT2D eigenvalue weighted by Crippen LogP contribution is 2.68. The van der Waals surface area contributed by atoms with Gasteiger partial charge in [-0.15, -0.1) is 0 Å². The van der Waals surface area contributed by atoms with Crippen molar-refractivity contribution in [3.05, 3.63) is 30.3 Å². The zero-order chi connectivity index (χ0) is 24.7. The summed E-state index contributed by atoms with van der Waals surface area (Å²) in [6.45, 7) is 11.2. The van der Waals surface area contributed by atoms with Crippen LogP contribution < -0.4 is 0 Å². The Kier molecular flexibility index (Phi) is 7.40. The lowest BCUT2D eigenvalue weighted by Crippen LogP contribution is -2.54. The van der Waals surface area contributed by atoms with E-state index in [-0.39, 0.29) is 17.1 Å². The van der Waals surface area contributed by atoms with Crippen molar-refractivity contribution in [3.63, 3.8) is 0 Å². The second-order valence-corrected chi connectivity index (χ2v) is 14.2. The summed E-state index contributed by atoms with van der Waals surface area (Å²) in [6.07, 6.45) is 10.1. The summed E-state index contributed by atoms with van der Waals surface area (Å²) in [5.41, 5.74) is 0.610. The molecule has 5 rings (SSSR count). The van der Waals surface area contributed by atoms with Crippen molar-refractivity contribution in [3.8, 4) is 0 Å². The van der Waals surface area contributed by atoms with Crippen molar-refractivity contribution in [1.29, 1.82) is 0 Å². The Morgan fingerprint density at radius 2 is 1.59 bits per heavy atom. The Morgan fingerprint density at radius 3 is 2.29 bits per heavy atom. The zero-order valence-corrected chi connectivity index (χ0v) is 22.9. The summed E-state index contributed by atoms with van der Waals surface area (Å²) in [7, 11) is -3.25. The minimum Gasteiger partial charge on any atom is -0.300 e. The summed E-state index contributed by atoms with van der Waals surface area (Å²) in [5.74, 6) is 4.28. The van der Waals surface area contributed by atoms with E-state index in [9.17, 15) is 13.2 Å². The lowest BCUT2D eigenvalue weighted by Gasteiger charge is -2.60. The van der Waals surface area contributed by atoms with Crippen molar-refractivity contribution in [1.82, 2.24) is 0 Å². The van der Waals surface area contributed by atoms with Gasteiger partial charge in [0.1, 0.15) is 5.78 Å². The van der Waals surface area contributed by atoms with Crippen LogP contribution in [0, 0.1) is 46.3 Å². The van der Waals surface area contributed by atoms with Crippen LogP contribution >= 0.6 is 0 Å². The van der Waals surface area contributed by atoms with Gasteiger partial charge < -0.3 is 0 Å². The number of benzene rings is 1. The molecule has 0 N–H and O–H groups in total. The van der Waals surface area contributed by atoms with Gasteiger partial charge in [-0.1, -0.05) is 52.8 Å². The number of carbonyl (C=O) groups is 1. The molecule has 0 radical (unpaired) electrons. The van der Waals surface area contributed by atoms with Crippen molar-refractivity contribution in [2.75, 3.05) is 5.75 Å². The third kappa shape index (κ3) is 4.31. The molecule has 4 fully saturated rings. The first-order chi connectivity index (χ1) is 16.1. The van der Waals surface area contributed by atoms with Crippen molar-refractivity contribution >= 4 is 15.6 Å². The molecule has 4 heteroatoms. The van der Waals surface area contributed by atoms with Gasteiger partial charge in [0, 0.05) is 12.8 Å². The normalized spacial score (nSPS) is 40.3. The van der Waals surface area contributed by atoms with Crippen LogP contribution in [0.1, 0.15) is 92.4 Å². The summed E-state index contributed by atoms with van der Waals surface area (Å²) < 4.78 is 26.2. The van der Waals surface area contributed by atoms with Gasteiger partial charge in [0.05, 0.1) is 10.6 Å². The molecule has 0 spiro atoms. The van der Waals surface area contributed by atoms with Crippen molar-refractivity contribution in [2.24, 2.45) is 46.3 Å². The smallest absolute Gasteiger partial charge is 0.178 e. The summed E-state index contributed by atoms with van der Waals surface area (Å²) in [6, 6.07) is 8.99. The molecule has 0 heterocycles. The Balaban J connectivity index is 0.00000133. The van der Waals surface area contributed by atoms with Gasteiger partial charge in [-0.3, -0.25) is 4.79 Å². The van der Waals surface area contributed by atoms with Crippen LogP contribution in [0.25, 0.3) is 0 Å². The van der Waals surface area contributed by atoms with Gasteiger partial charge in [0.25, 0.3) is 0 Å². The van der Waals surface area contributed by atoms with E-state index in [1.54, 1.807) is 12.1 Å². The Hall–Kier alpha value is -1.16. The average molecular weight is 487 g/mol. The fourth-order valence-electron chi connectivity index (χ4n) is 9.21. The van der Waals surface area contributed by atoms with E-state index in [4.69, 9.17) is 0 Å². The molecule has 0 saturated heterocycles. The van der Waals surface area contributed by atoms with E-state index in [1.165, 1.54) is 38.5 Å². The molecule has 1 aromatic rings. The molecule has 190 valence electrons. The lowest BCUT2D eigenvalue weighted by atomic mass is 9.44. The number of sulfone groups is 1. The lowest BCUT2D eigenvalue weighted by molar-refractivity contribution is -0.140. The number of rotatable bonds is 4. The van der Waals surface area contributed by atoms with E-state index in [2.05, 4.69) is 20.8 Å². The highest BCUT2D eigenvalue weighted by molar-refractivity contribution is 7.91. The van der Waals surface area contributed by atoms with Gasteiger partial charge in [-0.25, -0.2) is 8.42 Å². The molecule has 3 nitrogen and oxygen atoms in total. The first-order valence-corrected chi connectivity index (χ1v) is 15.6. The molecule has 0 amide bonds. The van der Waals surface area contributed by atoms with E-state index >= 15 is 0 Å². The quantitative estimate of drug-likeness (QED) is 0.447. The Bertz CT molecular complexity index is 970. The first kappa shape index (κ1) is 25.9. The second kappa shape index (κ2) is 9.71. The maximum atomic E-state index is 13.1. The van der Waals surface area contributed by atoms with E-state index in [0.29, 0.717) is 27.9 Å². The molecule has 8 atom stereocenters. The minimum absolute atomic E-state index is 0.186. The minimum atomic E-state index is -3.25. The van der Waals surface area contributed by atoms with E-state index in [0.717, 1.165) is 37.0 Å². The number of fused-ring (bicyclic) bond motifs is 5. The summed E-state index contributed by atoms with van der Waals surface area (Å²) in [4.78, 5) is 12.6. The molecule has 4 aliphatic rings. The number of hydrogen-bond acceptors (Lipinski definition) is 3. The predicted molar refractivity (Wildman–Crippen MR) is 139 cm³/mol. The molecule has 4 aliphatic carbocycles. The van der Waals surface area contributed by atoms with Gasteiger partial charge in [-0.2, -0.15) is 0 Å². The number of ketones is 1. The topological polar surface area (TPSA) is 51.2 Å². The Morgan fingerprint density at radius 1 is 0.912 bits per heavy atom. The number of hydrogen-bond donors (Lipinski definition) is 0. The maximum Gasteiger partial charge on any atom is 0.178 e. The molecule has 0 aromatic heterocycles. The summed E-state index contributed by atoms with van der Waals surface area (Å²) in [5, 5.41) is 0. The molecule has 1 aromatic carbocycles. The second-order valence-electron chi connectivity index (χ2n) is 12.2. The molecule has 0 bridgehead atoms. The van der Waals surface area contributed by atoms with Crippen LogP contribution in [0.15, 0.2) is 35.2 Å². The molecular formula is C30H46O3S. The standard InChI is InChI=1S/C28H40O3S.C2H6/c1-19(18-32(30,31)22-7-5-4-6-8-22)24-11-12-25-23-10-9-20-17-21(29)13-15-27(20,2)26(23)14-16-28(24,25)3;1-2/h4-8,19-20,23-26H,9-18H2,1-3H3;1-2H3/t19-,20?,23?,24?,25?,26?,27?,28?;/m1./s1. The summed E-state index contributed by atoms with van der Waals surface area (Å²) >= 11 is 0. The highest BCUT2D eigenvalue weighted by Gasteiger charge is 2.60. The van der Waals surface area contributed by atoms with Crippen LogP contribution in [0.3, 0.4) is 0 Å². The van der Waals surface area contributed by atoms with Gasteiger partial charge in [0.2, 0.25) is 0 Å². The molecule has 4 saturated carbocycles. The van der Waals surface area contributed by atoms with Crippen LogP contribution in [0.5, 0.6) is 0 Å². The van der Waals surface area contributed by atoms with E-state index < -0.39 is 9.84 Å². The average Bonchev–Trinajstić information content (AvgIpc) is 3.18. The van der Waals surface area contributed by atoms with E-state index in [1.807, 2.05) is 32.0 Å². The number of carbonyl (C=O) groups excluding carboxylic acids is 1. The monoisotopic (exact) mass is 486 g/mol. The first-order valence-electron chi connectivity index (χ1n) is 13.9. The van der Waals surface area contributed by atoms with Crippen LogP contribution in [-0.4, -0.2) is 20.0 Å². The van der Waals surface area contributed by atoms with Gasteiger partial charge >= 0.3 is 0 Å². The maximum absolute atomic E-state index is 13.1. The molecule has 34 heavy (non-hydrogen) atoms. The van der Waals surface area contributed by atoms with Crippen molar-refractivity contribution < 1.29 is 13.2 Å². The largest absolute Gasteiger partial charge is 0.300 e. The van der Waals surface area contributed by atoms with Crippen LogP contribution in [-0.2, 0) is 14.6 Å². The predicted octanol–water partition coefficient (Wildman–Crippen LogP) is 7.35. The third-order valence-electron chi connectivity index (χ3n) is 10.8. The Labute approximate surface area is 208 Å². The fraction of sp³-hybridized carbons (Fsp3) is 0.767. The SMILES string of the molecule is CC.C[C@H](CS(=O)(=O)c1ccccc1)C1CCC2C3CCC4CC(=O)CCC4(C)C3CCC21C. The molecule has 0 aliphatic heterocycles. The molecular weight excluding hydrogens is 440 g/mol. The fourth-order valence-corrected chi connectivity index (χ4v) is 10.9. The third-order valence-corrected chi connectivity index (χ3v) is 12.8. The highest BCUT2D eigenvalue weighted by atomic mass is 32.2. The zero-order valence-electron chi connectivity index (χ0n) is 22.1. The van der Waals surface area contributed by atoms with Crippen LogP contribution in [0.4, 0.5) is 0 Å². The van der Waals surface area contributed by atoms with Crippen molar-refractivity contribution in [2.45, 2.75) is 97.3 Å². The molecule has 7 unspecified atom stereocenters.